The molecule has 1 N–H and O–H groups in total. The number of hydrogen-bond acceptors (Lipinski definition) is 4. The molecule has 0 amide bonds. The SMILES string of the molecule is CCC(C(=O)O)c1csc(=NN=C(C)C)n1-c1ccccc1. The second kappa shape index (κ2) is 7.17. The van der Waals surface area contributed by atoms with Crippen LogP contribution in [0.15, 0.2) is 45.9 Å². The summed E-state index contributed by atoms with van der Waals surface area (Å²) >= 11 is 1.40. The van der Waals surface area contributed by atoms with Crippen LogP contribution in [-0.4, -0.2) is 21.4 Å². The van der Waals surface area contributed by atoms with E-state index in [1.54, 1.807) is 0 Å². The van der Waals surface area contributed by atoms with E-state index in [0.717, 1.165) is 17.1 Å². The van der Waals surface area contributed by atoms with Gasteiger partial charge in [0.25, 0.3) is 0 Å². The van der Waals surface area contributed by atoms with Crippen molar-refractivity contribution in [1.29, 1.82) is 0 Å². The molecule has 1 aromatic heterocycles. The number of para-hydroxylation sites is 1. The molecule has 0 aliphatic heterocycles. The number of thiazole rings is 1. The van der Waals surface area contributed by atoms with E-state index in [2.05, 4.69) is 10.2 Å². The van der Waals surface area contributed by atoms with E-state index < -0.39 is 11.9 Å². The van der Waals surface area contributed by atoms with E-state index in [-0.39, 0.29) is 0 Å². The van der Waals surface area contributed by atoms with Crippen LogP contribution in [0.4, 0.5) is 0 Å². The van der Waals surface area contributed by atoms with Gasteiger partial charge in [0.1, 0.15) is 0 Å². The van der Waals surface area contributed by atoms with E-state index in [1.807, 2.05) is 61.1 Å². The molecule has 0 aliphatic rings. The Morgan fingerprint density at radius 1 is 1.32 bits per heavy atom. The maximum absolute atomic E-state index is 11.5. The largest absolute Gasteiger partial charge is 0.481 e. The Labute approximate surface area is 133 Å². The van der Waals surface area contributed by atoms with Crippen molar-refractivity contribution in [1.82, 2.24) is 4.57 Å². The first-order chi connectivity index (χ1) is 10.5. The van der Waals surface area contributed by atoms with Crippen molar-refractivity contribution in [2.45, 2.75) is 33.1 Å². The molecule has 116 valence electrons. The van der Waals surface area contributed by atoms with Crippen LogP contribution in [0.3, 0.4) is 0 Å². The van der Waals surface area contributed by atoms with Gasteiger partial charge in [-0.15, -0.1) is 16.4 Å². The number of carboxylic acid groups (broad SMARTS) is 1. The van der Waals surface area contributed by atoms with Gasteiger partial charge in [-0.3, -0.25) is 9.36 Å². The van der Waals surface area contributed by atoms with Crippen LogP contribution < -0.4 is 4.80 Å². The molecule has 22 heavy (non-hydrogen) atoms. The average Bonchev–Trinajstić information content (AvgIpc) is 2.90. The highest BCUT2D eigenvalue weighted by Gasteiger charge is 2.23. The Kier molecular flexibility index (Phi) is 5.27. The zero-order valence-corrected chi connectivity index (χ0v) is 13.7. The maximum Gasteiger partial charge on any atom is 0.312 e. The van der Waals surface area contributed by atoms with E-state index in [4.69, 9.17) is 0 Å². The van der Waals surface area contributed by atoms with Crippen molar-refractivity contribution in [2.24, 2.45) is 10.2 Å². The normalized spacial score (nSPS) is 13.0. The van der Waals surface area contributed by atoms with Crippen molar-refractivity contribution in [3.63, 3.8) is 0 Å². The lowest BCUT2D eigenvalue weighted by Gasteiger charge is -2.13. The van der Waals surface area contributed by atoms with E-state index >= 15 is 0 Å². The summed E-state index contributed by atoms with van der Waals surface area (Å²) in [6, 6.07) is 9.64. The van der Waals surface area contributed by atoms with Gasteiger partial charge in [0.05, 0.1) is 5.92 Å². The van der Waals surface area contributed by atoms with Gasteiger partial charge < -0.3 is 5.11 Å². The van der Waals surface area contributed by atoms with E-state index in [9.17, 15) is 9.90 Å². The van der Waals surface area contributed by atoms with Gasteiger partial charge in [-0.05, 0) is 32.4 Å². The summed E-state index contributed by atoms with van der Waals surface area (Å²) in [6.07, 6.45) is 0.522. The standard InChI is InChI=1S/C16H19N3O2S/c1-4-13(15(20)21)14-10-22-16(18-17-11(2)3)19(14)12-8-6-5-7-9-12/h5-10,13H,4H2,1-3H3,(H,20,21). The smallest absolute Gasteiger partial charge is 0.312 e. The second-order valence-corrected chi connectivity index (χ2v) is 5.90. The molecule has 0 aliphatic carbocycles. The van der Waals surface area contributed by atoms with Crippen molar-refractivity contribution in [3.8, 4) is 5.69 Å². The summed E-state index contributed by atoms with van der Waals surface area (Å²) in [4.78, 5) is 12.2. The summed E-state index contributed by atoms with van der Waals surface area (Å²) < 4.78 is 1.87. The lowest BCUT2D eigenvalue weighted by atomic mass is 10.0. The van der Waals surface area contributed by atoms with Crippen LogP contribution in [0, 0.1) is 0 Å². The van der Waals surface area contributed by atoms with Crippen LogP contribution in [-0.2, 0) is 4.79 Å². The van der Waals surface area contributed by atoms with Gasteiger partial charge in [-0.2, -0.15) is 5.10 Å². The van der Waals surface area contributed by atoms with Gasteiger partial charge in [0, 0.05) is 22.5 Å². The van der Waals surface area contributed by atoms with Gasteiger partial charge in [-0.1, -0.05) is 25.1 Å². The van der Waals surface area contributed by atoms with Crippen LogP contribution in [0.5, 0.6) is 0 Å². The Morgan fingerprint density at radius 3 is 2.55 bits per heavy atom. The fraction of sp³-hybridized carbons (Fsp3) is 0.312. The molecule has 2 aromatic rings. The van der Waals surface area contributed by atoms with Crippen molar-refractivity contribution < 1.29 is 9.90 Å². The Bertz CT molecular complexity index is 740. The third-order valence-electron chi connectivity index (χ3n) is 3.15. The van der Waals surface area contributed by atoms with Crippen LogP contribution >= 0.6 is 11.3 Å². The predicted octanol–water partition coefficient (Wildman–Crippen LogP) is 3.41. The van der Waals surface area contributed by atoms with Gasteiger partial charge in [-0.25, -0.2) is 0 Å². The minimum absolute atomic E-state index is 0.522. The van der Waals surface area contributed by atoms with E-state index in [1.165, 1.54) is 11.3 Å². The minimum Gasteiger partial charge on any atom is -0.481 e. The third-order valence-corrected chi connectivity index (χ3v) is 3.98. The zero-order chi connectivity index (χ0) is 16.1. The number of aliphatic carboxylic acids is 1. The van der Waals surface area contributed by atoms with Gasteiger partial charge >= 0.3 is 5.97 Å². The number of carboxylic acids is 1. The highest BCUT2D eigenvalue weighted by atomic mass is 32.1. The first kappa shape index (κ1) is 16.2. The Balaban J connectivity index is 2.69. The molecule has 1 heterocycles. The molecule has 0 saturated heterocycles. The molecule has 6 heteroatoms. The fourth-order valence-electron chi connectivity index (χ4n) is 2.12. The molecule has 1 atom stereocenters. The number of nitrogens with zero attached hydrogens (tertiary/aromatic N) is 3. The molecule has 1 aromatic carbocycles. The number of benzene rings is 1. The average molecular weight is 317 g/mol. The summed E-state index contributed by atoms with van der Waals surface area (Å²) in [6.45, 7) is 5.62. The quantitative estimate of drug-likeness (QED) is 0.678. The molecule has 0 radical (unpaired) electrons. The fourth-order valence-corrected chi connectivity index (χ4v) is 3.02. The second-order valence-electron chi connectivity index (χ2n) is 5.06. The molecular weight excluding hydrogens is 298 g/mol. The Hall–Kier alpha value is -2.21. The predicted molar refractivity (Wildman–Crippen MR) is 88.7 cm³/mol. The molecule has 2 rings (SSSR count). The molecule has 5 nitrogen and oxygen atoms in total. The third kappa shape index (κ3) is 3.51. The number of hydrogen-bond donors (Lipinski definition) is 1. The molecule has 0 spiro atoms. The summed E-state index contributed by atoms with van der Waals surface area (Å²) in [5, 5.41) is 19.7. The van der Waals surface area contributed by atoms with Crippen LogP contribution in [0.1, 0.15) is 38.8 Å². The minimum atomic E-state index is -0.827. The topological polar surface area (TPSA) is 66.9 Å². The van der Waals surface area contributed by atoms with Crippen molar-refractivity contribution >= 4 is 23.0 Å². The van der Waals surface area contributed by atoms with Crippen molar-refractivity contribution in [3.05, 3.63) is 46.2 Å². The molecular formula is C16H19N3O2S. The lowest BCUT2D eigenvalue weighted by molar-refractivity contribution is -0.139. The first-order valence-electron chi connectivity index (χ1n) is 7.08. The molecule has 0 saturated carbocycles. The van der Waals surface area contributed by atoms with Crippen LogP contribution in [0.25, 0.3) is 5.69 Å². The molecule has 1 unspecified atom stereocenters. The van der Waals surface area contributed by atoms with E-state index in [0.29, 0.717) is 11.2 Å². The first-order valence-corrected chi connectivity index (χ1v) is 7.96. The molecule has 0 bridgehead atoms. The zero-order valence-electron chi connectivity index (χ0n) is 12.9. The monoisotopic (exact) mass is 317 g/mol. The van der Waals surface area contributed by atoms with Gasteiger partial charge in [0.15, 0.2) is 0 Å². The summed E-state index contributed by atoms with van der Waals surface area (Å²) in [7, 11) is 0. The number of aromatic nitrogens is 1. The molecule has 0 fully saturated rings. The Morgan fingerprint density at radius 2 is 2.00 bits per heavy atom. The maximum atomic E-state index is 11.5. The van der Waals surface area contributed by atoms with Gasteiger partial charge in [0.2, 0.25) is 4.80 Å². The number of carbonyl (C=O) groups is 1. The highest BCUT2D eigenvalue weighted by molar-refractivity contribution is 7.07. The summed E-state index contributed by atoms with van der Waals surface area (Å²) in [5.74, 6) is -1.39. The number of rotatable bonds is 5. The summed E-state index contributed by atoms with van der Waals surface area (Å²) in [5.41, 5.74) is 2.47. The van der Waals surface area contributed by atoms with Crippen molar-refractivity contribution in [2.75, 3.05) is 0 Å². The highest BCUT2D eigenvalue weighted by Crippen LogP contribution is 2.23. The lowest BCUT2D eigenvalue weighted by Crippen LogP contribution is -2.21. The van der Waals surface area contributed by atoms with Crippen LogP contribution in [0.2, 0.25) is 0 Å².